The second-order valence-electron chi connectivity index (χ2n) is 8.22. The number of aromatic nitrogens is 2. The van der Waals surface area contributed by atoms with Gasteiger partial charge in [0.1, 0.15) is 12.3 Å². The van der Waals surface area contributed by atoms with Crippen LogP contribution in [0, 0.1) is 13.8 Å². The number of carbonyl (C=O) groups is 1. The van der Waals surface area contributed by atoms with Crippen molar-refractivity contribution >= 4 is 37.6 Å². The molecule has 0 amide bonds. The molecule has 36 heavy (non-hydrogen) atoms. The monoisotopic (exact) mass is 569 g/mol. The first-order chi connectivity index (χ1) is 17.1. The number of nitrogens with one attached hydrogen (secondary N) is 1. The zero-order valence-corrected chi connectivity index (χ0v) is 22.3. The van der Waals surface area contributed by atoms with Gasteiger partial charge in [-0.3, -0.25) is 14.2 Å². The quantitative estimate of drug-likeness (QED) is 0.325. The predicted octanol–water partition coefficient (Wildman–Crippen LogP) is 4.71. The third-order valence-electron chi connectivity index (χ3n) is 5.81. The van der Waals surface area contributed by atoms with Crippen LogP contribution in [0.25, 0.3) is 5.69 Å². The summed E-state index contributed by atoms with van der Waals surface area (Å²) in [4.78, 5) is 25.7. The van der Waals surface area contributed by atoms with Gasteiger partial charge in [-0.05, 0) is 61.4 Å². The fraction of sp³-hybridized carbons (Fsp3) is 0.154. The molecule has 4 aromatic rings. The van der Waals surface area contributed by atoms with Gasteiger partial charge >= 0.3 is 5.97 Å². The number of esters is 1. The van der Waals surface area contributed by atoms with Gasteiger partial charge in [0.2, 0.25) is 0 Å². The summed E-state index contributed by atoms with van der Waals surface area (Å²) in [7, 11) is -2.50. The molecule has 1 aromatic heterocycles. The molecule has 0 aliphatic carbocycles. The molecule has 1 N–H and O–H groups in total. The molecule has 0 saturated carbocycles. The predicted molar refractivity (Wildman–Crippen MR) is 141 cm³/mol. The molecular weight excluding hydrogens is 546 g/mol. The van der Waals surface area contributed by atoms with Crippen LogP contribution in [0.2, 0.25) is 0 Å². The molecule has 4 rings (SSSR count). The van der Waals surface area contributed by atoms with Crippen LogP contribution in [0.4, 0.5) is 5.69 Å². The topological polar surface area (TPSA) is 99.4 Å². The molecule has 0 aliphatic rings. The maximum absolute atomic E-state index is 13.2. The molecule has 10 heteroatoms. The van der Waals surface area contributed by atoms with E-state index in [1.165, 1.54) is 22.9 Å². The largest absolute Gasteiger partial charge is 0.457 e. The van der Waals surface area contributed by atoms with Gasteiger partial charge in [-0.1, -0.05) is 52.3 Å². The normalized spacial score (nSPS) is 11.3. The average molecular weight is 570 g/mol. The minimum atomic E-state index is -4.18. The number of rotatable bonds is 7. The number of anilines is 1. The molecule has 3 aromatic carbocycles. The fourth-order valence-electron chi connectivity index (χ4n) is 3.67. The number of para-hydroxylation sites is 1. The van der Waals surface area contributed by atoms with E-state index < -0.39 is 21.6 Å². The van der Waals surface area contributed by atoms with Crippen LogP contribution in [0.1, 0.15) is 27.2 Å². The maximum atomic E-state index is 13.2. The Labute approximate surface area is 217 Å². The van der Waals surface area contributed by atoms with Crippen molar-refractivity contribution in [2.45, 2.75) is 25.3 Å². The Hall–Kier alpha value is -3.63. The van der Waals surface area contributed by atoms with E-state index in [9.17, 15) is 18.0 Å². The van der Waals surface area contributed by atoms with Crippen LogP contribution in [-0.4, -0.2) is 23.8 Å². The summed E-state index contributed by atoms with van der Waals surface area (Å²) in [6.45, 7) is 3.39. The average Bonchev–Trinajstić information content (AvgIpc) is 3.06. The summed E-state index contributed by atoms with van der Waals surface area (Å²) in [5, 5.41) is 0. The van der Waals surface area contributed by atoms with E-state index in [1.54, 1.807) is 49.8 Å². The van der Waals surface area contributed by atoms with Crippen LogP contribution in [0.3, 0.4) is 0 Å². The van der Waals surface area contributed by atoms with E-state index >= 15 is 0 Å². The van der Waals surface area contributed by atoms with E-state index in [4.69, 9.17) is 4.74 Å². The van der Waals surface area contributed by atoms with Crippen molar-refractivity contribution in [2.24, 2.45) is 7.05 Å². The van der Waals surface area contributed by atoms with E-state index in [-0.39, 0.29) is 22.8 Å². The number of aryl methyl sites for hydroxylation is 1. The van der Waals surface area contributed by atoms with E-state index in [2.05, 4.69) is 20.7 Å². The summed E-state index contributed by atoms with van der Waals surface area (Å²) in [5.41, 5.74) is 1.95. The Bertz CT molecular complexity index is 1590. The van der Waals surface area contributed by atoms with Crippen LogP contribution in [0.15, 0.2) is 87.0 Å². The SMILES string of the molecule is Cc1ccc(S(=O)(=O)Nc2c(C)n(C)n(-c3ccccc3)c2=O)cc1C(=O)OCc1ccc(Br)cc1. The molecule has 0 aliphatic heterocycles. The second kappa shape index (κ2) is 10.2. The summed E-state index contributed by atoms with van der Waals surface area (Å²) >= 11 is 3.35. The van der Waals surface area contributed by atoms with Gasteiger partial charge < -0.3 is 4.74 Å². The van der Waals surface area contributed by atoms with Crippen LogP contribution in [0.5, 0.6) is 0 Å². The summed E-state index contributed by atoms with van der Waals surface area (Å²) in [6.07, 6.45) is 0. The second-order valence-corrected chi connectivity index (χ2v) is 10.8. The van der Waals surface area contributed by atoms with Crippen molar-refractivity contribution < 1.29 is 17.9 Å². The Balaban J connectivity index is 1.61. The van der Waals surface area contributed by atoms with E-state index in [0.29, 0.717) is 16.9 Å². The minimum Gasteiger partial charge on any atom is -0.457 e. The van der Waals surface area contributed by atoms with Crippen molar-refractivity contribution in [3.05, 3.63) is 110 Å². The lowest BCUT2D eigenvalue weighted by Crippen LogP contribution is -2.23. The molecule has 0 fully saturated rings. The molecule has 0 atom stereocenters. The first kappa shape index (κ1) is 25.5. The zero-order chi connectivity index (χ0) is 26.0. The number of nitrogens with zero attached hydrogens (tertiary/aromatic N) is 2. The first-order valence-electron chi connectivity index (χ1n) is 11.0. The van der Waals surface area contributed by atoms with Crippen molar-refractivity contribution in [1.82, 2.24) is 9.36 Å². The Kier molecular flexibility index (Phi) is 7.18. The lowest BCUT2D eigenvalue weighted by Gasteiger charge is -2.11. The molecule has 1 heterocycles. The highest BCUT2D eigenvalue weighted by Crippen LogP contribution is 2.22. The highest BCUT2D eigenvalue weighted by Gasteiger charge is 2.24. The molecule has 0 unspecified atom stereocenters. The Morgan fingerprint density at radius 3 is 2.33 bits per heavy atom. The molecule has 0 saturated heterocycles. The highest BCUT2D eigenvalue weighted by atomic mass is 79.9. The molecular formula is C26H24BrN3O5S. The standard InChI is InChI=1S/C26H24BrN3O5S/c1-17-9-14-22(15-23(17)26(32)35-16-19-10-12-20(27)13-11-19)36(33,34)28-24-18(2)29(3)30(25(24)31)21-7-5-4-6-8-21/h4-15,28H,16H2,1-3H3. The van der Waals surface area contributed by atoms with Gasteiger partial charge in [-0.15, -0.1) is 0 Å². The third kappa shape index (κ3) is 5.14. The van der Waals surface area contributed by atoms with E-state index in [0.717, 1.165) is 10.0 Å². The number of hydrogen-bond acceptors (Lipinski definition) is 5. The van der Waals surface area contributed by atoms with Gasteiger partial charge in [-0.2, -0.15) is 0 Å². The van der Waals surface area contributed by atoms with Crippen molar-refractivity contribution in [2.75, 3.05) is 4.72 Å². The van der Waals surface area contributed by atoms with Crippen molar-refractivity contribution in [3.8, 4) is 5.69 Å². The number of carbonyl (C=O) groups excluding carboxylic acids is 1. The number of benzene rings is 3. The first-order valence-corrected chi connectivity index (χ1v) is 13.2. The van der Waals surface area contributed by atoms with Gasteiger partial charge in [-0.25, -0.2) is 17.9 Å². The molecule has 0 radical (unpaired) electrons. The van der Waals surface area contributed by atoms with Gasteiger partial charge in [0.25, 0.3) is 15.6 Å². The Morgan fingerprint density at radius 2 is 1.67 bits per heavy atom. The minimum absolute atomic E-state index is 0.0447. The smallest absolute Gasteiger partial charge is 0.338 e. The summed E-state index contributed by atoms with van der Waals surface area (Å²) in [6, 6.07) is 20.4. The number of halogens is 1. The van der Waals surface area contributed by atoms with Gasteiger partial charge in [0.15, 0.2) is 0 Å². The number of sulfonamides is 1. The third-order valence-corrected chi connectivity index (χ3v) is 7.69. The molecule has 186 valence electrons. The lowest BCUT2D eigenvalue weighted by molar-refractivity contribution is 0.0471. The highest BCUT2D eigenvalue weighted by molar-refractivity contribution is 9.10. The number of hydrogen-bond donors (Lipinski definition) is 1. The maximum Gasteiger partial charge on any atom is 0.338 e. The molecule has 0 spiro atoms. The fourth-order valence-corrected chi connectivity index (χ4v) is 5.08. The number of ether oxygens (including phenoxy) is 1. The van der Waals surface area contributed by atoms with Gasteiger partial charge in [0, 0.05) is 11.5 Å². The van der Waals surface area contributed by atoms with Crippen LogP contribution >= 0.6 is 15.9 Å². The lowest BCUT2D eigenvalue weighted by atomic mass is 10.1. The van der Waals surface area contributed by atoms with Gasteiger partial charge in [0.05, 0.1) is 21.8 Å². The van der Waals surface area contributed by atoms with Crippen LogP contribution < -0.4 is 10.3 Å². The summed E-state index contributed by atoms with van der Waals surface area (Å²) in [5.74, 6) is -0.644. The zero-order valence-electron chi connectivity index (χ0n) is 19.9. The van der Waals surface area contributed by atoms with Crippen molar-refractivity contribution in [1.29, 1.82) is 0 Å². The Morgan fingerprint density at radius 1 is 1.00 bits per heavy atom. The van der Waals surface area contributed by atoms with Crippen molar-refractivity contribution in [3.63, 3.8) is 0 Å². The summed E-state index contributed by atoms with van der Waals surface area (Å²) < 4.78 is 38.2. The molecule has 0 bridgehead atoms. The van der Waals surface area contributed by atoms with Crippen LogP contribution in [-0.2, 0) is 28.4 Å². The van der Waals surface area contributed by atoms with E-state index in [1.807, 2.05) is 30.3 Å². The molecule has 8 nitrogen and oxygen atoms in total.